The lowest BCUT2D eigenvalue weighted by Gasteiger charge is -2.32. The molecule has 3 rings (SSSR count). The quantitative estimate of drug-likeness (QED) is 0.804. The molecule has 21 heavy (non-hydrogen) atoms. The Labute approximate surface area is 132 Å². The lowest BCUT2D eigenvalue weighted by atomic mass is 9.77. The van der Waals surface area contributed by atoms with E-state index in [1.165, 1.54) is 25.3 Å². The van der Waals surface area contributed by atoms with Crippen molar-refractivity contribution in [2.45, 2.75) is 39.5 Å². The highest BCUT2D eigenvalue weighted by Gasteiger charge is 2.53. The van der Waals surface area contributed by atoms with Crippen LogP contribution in [0.4, 0.5) is 4.39 Å². The normalized spacial score (nSPS) is 30.7. The molecular weight excluding hydrogens is 285 g/mol. The van der Waals surface area contributed by atoms with Crippen LogP contribution in [-0.2, 0) is 6.42 Å². The molecule has 0 aliphatic heterocycles. The Kier molecular flexibility index (Phi) is 4.29. The summed E-state index contributed by atoms with van der Waals surface area (Å²) in [6.07, 6.45) is 4.62. The number of hydrogen-bond donors (Lipinski definition) is 1. The Morgan fingerprint density at radius 2 is 2.05 bits per heavy atom. The van der Waals surface area contributed by atoms with Crippen molar-refractivity contribution in [2.24, 2.45) is 23.2 Å². The summed E-state index contributed by atoms with van der Waals surface area (Å²) in [7, 11) is 0. The van der Waals surface area contributed by atoms with Crippen LogP contribution in [0.25, 0.3) is 0 Å². The Morgan fingerprint density at radius 3 is 2.67 bits per heavy atom. The Morgan fingerprint density at radius 1 is 1.33 bits per heavy atom. The van der Waals surface area contributed by atoms with Gasteiger partial charge in [0.25, 0.3) is 0 Å². The minimum Gasteiger partial charge on any atom is -0.316 e. The first-order chi connectivity index (χ1) is 9.99. The number of rotatable bonds is 6. The second-order valence-electron chi connectivity index (χ2n) is 7.57. The molecule has 0 radical (unpaired) electrons. The standard InChI is InChI=1S/C18H25ClFN/c1-12(2)10-21-11-18(7-13-6-14(13)8-18)9-15-16(19)4-3-5-17(15)20/h3-5,12-14,21H,6-11H2,1-2H3. The number of hydrogen-bond acceptors (Lipinski definition) is 1. The van der Waals surface area contributed by atoms with Crippen molar-refractivity contribution < 1.29 is 4.39 Å². The second kappa shape index (κ2) is 5.89. The molecule has 0 heterocycles. The first-order valence-corrected chi connectivity index (χ1v) is 8.50. The van der Waals surface area contributed by atoms with Crippen molar-refractivity contribution >= 4 is 11.6 Å². The van der Waals surface area contributed by atoms with Crippen molar-refractivity contribution in [3.63, 3.8) is 0 Å². The molecule has 2 unspecified atom stereocenters. The molecule has 0 saturated heterocycles. The maximum absolute atomic E-state index is 14.1. The molecule has 2 fully saturated rings. The maximum atomic E-state index is 14.1. The average molecular weight is 310 g/mol. The zero-order valence-corrected chi connectivity index (χ0v) is 13.7. The first-order valence-electron chi connectivity index (χ1n) is 8.13. The molecule has 3 heteroatoms. The molecule has 1 N–H and O–H groups in total. The minimum absolute atomic E-state index is 0.147. The van der Waals surface area contributed by atoms with E-state index in [-0.39, 0.29) is 11.2 Å². The molecule has 0 amide bonds. The van der Waals surface area contributed by atoms with Gasteiger partial charge in [-0.25, -0.2) is 4.39 Å². The predicted molar refractivity (Wildman–Crippen MR) is 86.1 cm³/mol. The third-order valence-electron chi connectivity index (χ3n) is 5.13. The maximum Gasteiger partial charge on any atom is 0.127 e. The molecule has 1 aromatic rings. The Hall–Kier alpha value is -0.600. The van der Waals surface area contributed by atoms with Gasteiger partial charge in [-0.05, 0) is 67.5 Å². The predicted octanol–water partition coefficient (Wildman–Crippen LogP) is 4.68. The molecular formula is C18H25ClFN. The van der Waals surface area contributed by atoms with E-state index >= 15 is 0 Å². The summed E-state index contributed by atoms with van der Waals surface area (Å²) < 4.78 is 14.1. The molecule has 2 saturated carbocycles. The summed E-state index contributed by atoms with van der Waals surface area (Å²) in [6.45, 7) is 6.46. The van der Waals surface area contributed by atoms with E-state index in [0.717, 1.165) is 31.3 Å². The van der Waals surface area contributed by atoms with E-state index in [9.17, 15) is 4.39 Å². The van der Waals surface area contributed by atoms with Crippen LogP contribution < -0.4 is 5.32 Å². The van der Waals surface area contributed by atoms with Gasteiger partial charge in [-0.2, -0.15) is 0 Å². The third-order valence-corrected chi connectivity index (χ3v) is 5.48. The number of nitrogens with one attached hydrogen (secondary N) is 1. The van der Waals surface area contributed by atoms with Crippen LogP contribution in [0.2, 0.25) is 5.02 Å². The molecule has 0 bridgehead atoms. The van der Waals surface area contributed by atoms with Crippen molar-refractivity contribution in [3.8, 4) is 0 Å². The lowest BCUT2D eigenvalue weighted by molar-refractivity contribution is 0.242. The van der Waals surface area contributed by atoms with Crippen molar-refractivity contribution in [1.82, 2.24) is 5.32 Å². The highest BCUT2D eigenvalue weighted by molar-refractivity contribution is 6.31. The van der Waals surface area contributed by atoms with Crippen molar-refractivity contribution in [1.29, 1.82) is 0 Å². The van der Waals surface area contributed by atoms with Crippen LogP contribution >= 0.6 is 11.6 Å². The summed E-state index contributed by atoms with van der Waals surface area (Å²) in [5.74, 6) is 2.27. The van der Waals surface area contributed by atoms with Gasteiger partial charge in [-0.15, -0.1) is 0 Å². The van der Waals surface area contributed by atoms with Crippen LogP contribution in [-0.4, -0.2) is 13.1 Å². The van der Waals surface area contributed by atoms with Gasteiger partial charge in [0, 0.05) is 17.1 Å². The van der Waals surface area contributed by atoms with Gasteiger partial charge >= 0.3 is 0 Å². The molecule has 116 valence electrons. The van der Waals surface area contributed by atoms with Crippen molar-refractivity contribution in [2.75, 3.05) is 13.1 Å². The Balaban J connectivity index is 1.73. The largest absolute Gasteiger partial charge is 0.316 e. The van der Waals surface area contributed by atoms with Gasteiger partial charge in [0.05, 0.1) is 0 Å². The van der Waals surface area contributed by atoms with E-state index in [0.29, 0.717) is 16.5 Å². The monoisotopic (exact) mass is 309 g/mol. The highest BCUT2D eigenvalue weighted by atomic mass is 35.5. The summed E-state index contributed by atoms with van der Waals surface area (Å²) in [4.78, 5) is 0. The van der Waals surface area contributed by atoms with Crippen LogP contribution in [0.5, 0.6) is 0 Å². The molecule has 2 aliphatic rings. The van der Waals surface area contributed by atoms with Gasteiger partial charge in [0.1, 0.15) is 5.82 Å². The molecule has 0 aromatic heterocycles. The van der Waals surface area contributed by atoms with E-state index in [1.54, 1.807) is 6.07 Å². The van der Waals surface area contributed by atoms with Crippen LogP contribution in [0.1, 0.15) is 38.7 Å². The van der Waals surface area contributed by atoms with Crippen molar-refractivity contribution in [3.05, 3.63) is 34.6 Å². The summed E-state index contributed by atoms with van der Waals surface area (Å²) in [5.41, 5.74) is 0.917. The molecule has 0 spiro atoms. The molecule has 1 aromatic carbocycles. The molecule has 2 aliphatic carbocycles. The lowest BCUT2D eigenvalue weighted by Crippen LogP contribution is -2.37. The smallest absolute Gasteiger partial charge is 0.127 e. The number of halogens is 2. The minimum atomic E-state index is -0.147. The van der Waals surface area contributed by atoms with Gasteiger partial charge in [0.2, 0.25) is 0 Å². The number of benzene rings is 1. The molecule has 1 nitrogen and oxygen atoms in total. The third kappa shape index (κ3) is 3.43. The zero-order valence-electron chi connectivity index (χ0n) is 13.0. The van der Waals surface area contributed by atoms with Crippen LogP contribution in [0, 0.1) is 29.0 Å². The highest BCUT2D eigenvalue weighted by Crippen LogP contribution is 2.60. The SMILES string of the molecule is CC(C)CNCC1(Cc2c(F)cccc2Cl)CC2CC2C1. The summed E-state index contributed by atoms with van der Waals surface area (Å²) in [6, 6.07) is 5.04. The van der Waals surface area contributed by atoms with E-state index in [2.05, 4.69) is 19.2 Å². The zero-order chi connectivity index (χ0) is 15.0. The molecule has 2 atom stereocenters. The van der Waals surface area contributed by atoms with Gasteiger partial charge in [-0.1, -0.05) is 31.5 Å². The van der Waals surface area contributed by atoms with Gasteiger partial charge in [0.15, 0.2) is 0 Å². The fraction of sp³-hybridized carbons (Fsp3) is 0.667. The summed E-state index contributed by atoms with van der Waals surface area (Å²) >= 11 is 6.24. The Bertz CT molecular complexity index is 484. The van der Waals surface area contributed by atoms with E-state index in [1.807, 2.05) is 6.07 Å². The second-order valence-corrected chi connectivity index (χ2v) is 7.97. The fourth-order valence-corrected chi connectivity index (χ4v) is 4.29. The van der Waals surface area contributed by atoms with E-state index in [4.69, 9.17) is 11.6 Å². The summed E-state index contributed by atoms with van der Waals surface area (Å²) in [5, 5.41) is 4.18. The van der Waals surface area contributed by atoms with Gasteiger partial charge < -0.3 is 5.32 Å². The van der Waals surface area contributed by atoms with E-state index < -0.39 is 0 Å². The number of fused-ring (bicyclic) bond motifs is 1. The topological polar surface area (TPSA) is 12.0 Å². The first kappa shape index (κ1) is 15.3. The van der Waals surface area contributed by atoms with Crippen LogP contribution in [0.3, 0.4) is 0 Å². The van der Waals surface area contributed by atoms with Crippen LogP contribution in [0.15, 0.2) is 18.2 Å². The van der Waals surface area contributed by atoms with Gasteiger partial charge in [-0.3, -0.25) is 0 Å². The fourth-order valence-electron chi connectivity index (χ4n) is 4.06. The average Bonchev–Trinajstić information content (AvgIpc) is 3.02.